The molecule has 0 aromatic heterocycles. The van der Waals surface area contributed by atoms with Crippen LogP contribution < -0.4 is 10.4 Å². The molecule has 1 fully saturated rings. The first-order valence-electron chi connectivity index (χ1n) is 11.7. The molecule has 4 rings (SSSR count). The number of ether oxygens (including phenoxy) is 1. The summed E-state index contributed by atoms with van der Waals surface area (Å²) in [6.07, 6.45) is -3.07. The van der Waals surface area contributed by atoms with Gasteiger partial charge in [0.05, 0.1) is 24.4 Å². The van der Waals surface area contributed by atoms with Crippen molar-refractivity contribution in [3.63, 3.8) is 0 Å². The lowest BCUT2D eigenvalue weighted by Gasteiger charge is -2.43. The zero-order valence-corrected chi connectivity index (χ0v) is 20.8. The fourth-order valence-corrected chi connectivity index (χ4v) is 9.53. The zero-order valence-electron chi connectivity index (χ0n) is 19.8. The molecule has 0 N–H and O–H groups in total. The average molecular weight is 485 g/mol. The summed E-state index contributed by atoms with van der Waals surface area (Å²) in [6, 6.07) is 26.2. The number of hydrogen-bond donors (Lipinski definition) is 0. The van der Waals surface area contributed by atoms with Crippen LogP contribution in [0.4, 0.5) is 13.2 Å². The van der Waals surface area contributed by atoms with Crippen LogP contribution in [0.15, 0.2) is 84.9 Å². The summed E-state index contributed by atoms with van der Waals surface area (Å²) in [5, 5.41) is 2.30. The molecule has 1 saturated heterocycles. The van der Waals surface area contributed by atoms with Gasteiger partial charge in [-0.1, -0.05) is 93.6 Å². The first-order valence-corrected chi connectivity index (χ1v) is 13.6. The summed E-state index contributed by atoms with van der Waals surface area (Å²) in [5.74, 6) is 0. The summed E-state index contributed by atoms with van der Waals surface area (Å²) in [5.41, 5.74) is 0.141. The van der Waals surface area contributed by atoms with Gasteiger partial charge in [0.15, 0.2) is 0 Å². The van der Waals surface area contributed by atoms with Crippen LogP contribution in [0.5, 0.6) is 0 Å². The zero-order chi connectivity index (χ0) is 24.4. The standard InChI is InChI=1S/C28H31F3O2Si/c1-27(2,3)34(24-10-6-4-7-11-24,25-12-8-5-9-13-25)32-20-23-18-19-26(33-23)21-14-16-22(17-15-21)28(29,30)31/h4-17,23,26H,18-20H2,1-3H3/t23-,26+/m0/s1. The van der Waals surface area contributed by atoms with Crippen molar-refractivity contribution in [2.24, 2.45) is 0 Å². The van der Waals surface area contributed by atoms with Crippen molar-refractivity contribution >= 4 is 18.7 Å². The van der Waals surface area contributed by atoms with Gasteiger partial charge in [-0.2, -0.15) is 13.2 Å². The third kappa shape index (κ3) is 4.99. The Morgan fingerprint density at radius 3 is 1.79 bits per heavy atom. The van der Waals surface area contributed by atoms with Crippen LogP contribution in [0.25, 0.3) is 0 Å². The van der Waals surface area contributed by atoms with Crippen molar-refractivity contribution in [1.29, 1.82) is 0 Å². The third-order valence-electron chi connectivity index (χ3n) is 6.62. The van der Waals surface area contributed by atoms with Crippen molar-refractivity contribution in [2.45, 2.75) is 57.0 Å². The monoisotopic (exact) mass is 484 g/mol. The number of benzene rings is 3. The van der Waals surface area contributed by atoms with Gasteiger partial charge in [0.25, 0.3) is 8.32 Å². The smallest absolute Gasteiger partial charge is 0.405 e. The van der Waals surface area contributed by atoms with Gasteiger partial charge >= 0.3 is 6.18 Å². The van der Waals surface area contributed by atoms with E-state index in [2.05, 4.69) is 69.3 Å². The second-order valence-corrected chi connectivity index (χ2v) is 14.2. The molecule has 1 aliphatic heterocycles. The normalized spacial score (nSPS) is 19.4. The molecule has 0 saturated carbocycles. The number of rotatable bonds is 6. The number of hydrogen-bond acceptors (Lipinski definition) is 2. The van der Waals surface area contributed by atoms with E-state index in [0.717, 1.165) is 30.5 Å². The Hall–Kier alpha value is -2.41. The van der Waals surface area contributed by atoms with Crippen LogP contribution in [0.3, 0.4) is 0 Å². The fourth-order valence-electron chi connectivity index (χ4n) is 4.94. The third-order valence-corrected chi connectivity index (χ3v) is 11.6. The van der Waals surface area contributed by atoms with E-state index < -0.39 is 20.1 Å². The first kappa shape index (κ1) is 24.7. The average Bonchev–Trinajstić information content (AvgIpc) is 3.29. The SMILES string of the molecule is CC(C)(C)[Si](OC[C@@H]1CC[C@H](c2ccc(C(F)(F)F)cc2)O1)(c1ccccc1)c1ccccc1. The Morgan fingerprint density at radius 1 is 0.794 bits per heavy atom. The van der Waals surface area contributed by atoms with Crippen LogP contribution in [0, 0.1) is 0 Å². The molecule has 34 heavy (non-hydrogen) atoms. The molecule has 0 radical (unpaired) electrons. The van der Waals surface area contributed by atoms with Crippen LogP contribution in [0.1, 0.15) is 50.8 Å². The molecule has 6 heteroatoms. The molecular formula is C28H31F3O2Si. The molecule has 0 unspecified atom stereocenters. The topological polar surface area (TPSA) is 18.5 Å². The summed E-state index contributed by atoms with van der Waals surface area (Å²) in [4.78, 5) is 0. The Morgan fingerprint density at radius 2 is 1.32 bits per heavy atom. The van der Waals surface area contributed by atoms with Gasteiger partial charge < -0.3 is 9.16 Å². The highest BCUT2D eigenvalue weighted by atomic mass is 28.4. The Balaban J connectivity index is 1.55. The molecular weight excluding hydrogens is 453 g/mol. The van der Waals surface area contributed by atoms with Crippen molar-refractivity contribution in [3.05, 3.63) is 96.1 Å². The quantitative estimate of drug-likeness (QED) is 0.372. The van der Waals surface area contributed by atoms with E-state index in [1.807, 2.05) is 12.1 Å². The van der Waals surface area contributed by atoms with Gasteiger partial charge in [-0.15, -0.1) is 0 Å². The molecule has 3 aromatic rings. The van der Waals surface area contributed by atoms with Crippen molar-refractivity contribution in [3.8, 4) is 0 Å². The molecule has 3 aromatic carbocycles. The van der Waals surface area contributed by atoms with Crippen molar-refractivity contribution in [2.75, 3.05) is 6.61 Å². The molecule has 1 aliphatic rings. The van der Waals surface area contributed by atoms with E-state index in [1.165, 1.54) is 22.5 Å². The highest BCUT2D eigenvalue weighted by molar-refractivity contribution is 6.99. The van der Waals surface area contributed by atoms with Crippen LogP contribution in [0.2, 0.25) is 5.04 Å². The maximum absolute atomic E-state index is 12.9. The van der Waals surface area contributed by atoms with E-state index in [9.17, 15) is 13.2 Å². The molecule has 2 atom stereocenters. The molecule has 0 aliphatic carbocycles. The van der Waals surface area contributed by atoms with E-state index in [1.54, 1.807) is 0 Å². The Bertz CT molecular complexity index is 1020. The lowest BCUT2D eigenvalue weighted by molar-refractivity contribution is -0.137. The van der Waals surface area contributed by atoms with E-state index in [-0.39, 0.29) is 17.2 Å². The van der Waals surface area contributed by atoms with E-state index in [4.69, 9.17) is 9.16 Å². The largest absolute Gasteiger partial charge is 0.416 e. The maximum atomic E-state index is 12.9. The fraction of sp³-hybridized carbons (Fsp3) is 0.357. The second-order valence-electron chi connectivity index (χ2n) is 9.92. The predicted octanol–water partition coefficient (Wildman–Crippen LogP) is 6.50. The van der Waals surface area contributed by atoms with Crippen LogP contribution in [-0.4, -0.2) is 21.0 Å². The van der Waals surface area contributed by atoms with Gasteiger partial charge in [0, 0.05) is 0 Å². The van der Waals surface area contributed by atoms with Crippen LogP contribution in [-0.2, 0) is 15.3 Å². The van der Waals surface area contributed by atoms with Gasteiger partial charge in [0.2, 0.25) is 0 Å². The van der Waals surface area contributed by atoms with Gasteiger partial charge in [0.1, 0.15) is 0 Å². The number of alkyl halides is 3. The minimum atomic E-state index is -4.33. The summed E-state index contributed by atoms with van der Waals surface area (Å²) in [6.45, 7) is 7.16. The molecule has 0 amide bonds. The number of halogens is 3. The molecule has 2 nitrogen and oxygen atoms in total. The molecule has 0 spiro atoms. The van der Waals surface area contributed by atoms with E-state index >= 15 is 0 Å². The minimum absolute atomic E-state index is 0.103. The Kier molecular flexibility index (Phi) is 7.03. The van der Waals surface area contributed by atoms with Gasteiger partial charge in [-0.3, -0.25) is 0 Å². The Labute approximate surface area is 200 Å². The summed E-state index contributed by atoms with van der Waals surface area (Å²) >= 11 is 0. The lowest BCUT2D eigenvalue weighted by Crippen LogP contribution is -2.67. The first-order chi connectivity index (χ1) is 16.1. The minimum Gasteiger partial charge on any atom is -0.405 e. The van der Waals surface area contributed by atoms with Gasteiger partial charge in [-0.25, -0.2) is 0 Å². The van der Waals surface area contributed by atoms with Gasteiger partial charge in [-0.05, 0) is 45.9 Å². The predicted molar refractivity (Wildman–Crippen MR) is 132 cm³/mol. The molecule has 0 bridgehead atoms. The van der Waals surface area contributed by atoms with E-state index in [0.29, 0.717) is 6.61 Å². The van der Waals surface area contributed by atoms with Crippen molar-refractivity contribution < 1.29 is 22.3 Å². The molecule has 1 heterocycles. The summed E-state index contributed by atoms with van der Waals surface area (Å²) in [7, 11) is -2.65. The second kappa shape index (κ2) is 9.68. The maximum Gasteiger partial charge on any atom is 0.416 e. The van der Waals surface area contributed by atoms with Crippen LogP contribution >= 0.6 is 0 Å². The van der Waals surface area contributed by atoms with Crippen molar-refractivity contribution in [1.82, 2.24) is 0 Å². The highest BCUT2D eigenvalue weighted by Gasteiger charge is 2.50. The highest BCUT2D eigenvalue weighted by Crippen LogP contribution is 2.39. The lowest BCUT2D eigenvalue weighted by atomic mass is 10.0. The summed E-state index contributed by atoms with van der Waals surface area (Å²) < 4.78 is 51.9. The molecule has 180 valence electrons.